The van der Waals surface area contributed by atoms with Crippen molar-refractivity contribution >= 4 is 23.3 Å². The molecule has 1 saturated heterocycles. The number of aromatic amines is 1. The van der Waals surface area contributed by atoms with Crippen molar-refractivity contribution in [1.29, 1.82) is 0 Å². The molecule has 1 aromatic carbocycles. The first-order valence-corrected chi connectivity index (χ1v) is 8.34. The van der Waals surface area contributed by atoms with Crippen LogP contribution in [0.2, 0.25) is 0 Å². The lowest BCUT2D eigenvalue weighted by molar-refractivity contribution is -0.121. The van der Waals surface area contributed by atoms with E-state index in [1.165, 1.54) is 19.2 Å². The number of benzene rings is 1. The van der Waals surface area contributed by atoms with Gasteiger partial charge in [0.1, 0.15) is 11.7 Å². The van der Waals surface area contributed by atoms with E-state index in [2.05, 4.69) is 10.3 Å². The van der Waals surface area contributed by atoms with Crippen molar-refractivity contribution in [2.45, 2.75) is 32.7 Å². The molecule has 6 nitrogen and oxygen atoms in total. The average Bonchev–Trinajstić information content (AvgIpc) is 3.08. The van der Waals surface area contributed by atoms with Crippen LogP contribution in [0.4, 0.5) is 5.69 Å². The molecule has 25 heavy (non-hydrogen) atoms. The number of rotatable bonds is 4. The Morgan fingerprint density at radius 2 is 1.96 bits per heavy atom. The topological polar surface area (TPSA) is 82.3 Å². The lowest BCUT2D eigenvalue weighted by Crippen LogP contribution is -2.52. The molecular weight excluding hydrogens is 318 g/mol. The van der Waals surface area contributed by atoms with E-state index < -0.39 is 6.04 Å². The number of amides is 2. The maximum atomic E-state index is 12.7. The Labute approximate surface area is 146 Å². The lowest BCUT2D eigenvalue weighted by atomic mass is 10.0. The standard InChI is InChI=1S/C19H21N3O3/c1-12-5-7-15(8-6-12)22-9-3-4-16(19(22)25)21-18(24)17-10-14(11-20-17)13(2)23/h5-8,10-11,16,20H,3-4,9H2,1-2H3,(H,21,24)/t16-/m0/s1. The summed E-state index contributed by atoms with van der Waals surface area (Å²) < 4.78 is 0. The molecule has 2 aromatic rings. The number of carbonyl (C=O) groups is 3. The van der Waals surface area contributed by atoms with Gasteiger partial charge in [-0.2, -0.15) is 0 Å². The molecule has 130 valence electrons. The van der Waals surface area contributed by atoms with Crippen LogP contribution in [0.3, 0.4) is 0 Å². The Bertz CT molecular complexity index is 808. The van der Waals surface area contributed by atoms with Crippen LogP contribution in [-0.4, -0.2) is 35.2 Å². The first-order chi connectivity index (χ1) is 12.0. The Morgan fingerprint density at radius 1 is 1.24 bits per heavy atom. The van der Waals surface area contributed by atoms with E-state index in [0.717, 1.165) is 17.7 Å². The molecule has 1 atom stereocenters. The zero-order chi connectivity index (χ0) is 18.0. The highest BCUT2D eigenvalue weighted by molar-refractivity contribution is 6.03. The number of aromatic nitrogens is 1. The predicted octanol–water partition coefficient (Wildman–Crippen LogP) is 2.45. The zero-order valence-corrected chi connectivity index (χ0v) is 14.3. The molecule has 1 fully saturated rings. The van der Waals surface area contributed by atoms with E-state index in [-0.39, 0.29) is 23.3 Å². The quantitative estimate of drug-likeness (QED) is 0.840. The fraction of sp³-hybridized carbons (Fsp3) is 0.316. The third kappa shape index (κ3) is 3.63. The largest absolute Gasteiger partial charge is 0.356 e. The van der Waals surface area contributed by atoms with E-state index in [9.17, 15) is 14.4 Å². The number of aryl methyl sites for hydroxylation is 1. The molecule has 0 spiro atoms. The maximum Gasteiger partial charge on any atom is 0.268 e. The molecule has 0 saturated carbocycles. The monoisotopic (exact) mass is 339 g/mol. The van der Waals surface area contributed by atoms with Crippen LogP contribution in [0.25, 0.3) is 0 Å². The molecule has 0 unspecified atom stereocenters. The van der Waals surface area contributed by atoms with E-state index in [4.69, 9.17) is 0 Å². The van der Waals surface area contributed by atoms with Crippen LogP contribution >= 0.6 is 0 Å². The number of anilines is 1. The van der Waals surface area contributed by atoms with Gasteiger partial charge in [-0.25, -0.2) is 0 Å². The number of nitrogens with one attached hydrogen (secondary N) is 2. The van der Waals surface area contributed by atoms with Crippen molar-refractivity contribution in [2.24, 2.45) is 0 Å². The minimum atomic E-state index is -0.563. The second kappa shape index (κ2) is 6.93. The van der Waals surface area contributed by atoms with Gasteiger partial charge in [0.15, 0.2) is 5.78 Å². The van der Waals surface area contributed by atoms with E-state index in [1.54, 1.807) is 4.90 Å². The number of Topliss-reactive ketones (excluding diaryl/α,β-unsaturated/α-hetero) is 1. The normalized spacial score (nSPS) is 17.4. The van der Waals surface area contributed by atoms with Gasteiger partial charge in [-0.15, -0.1) is 0 Å². The molecule has 1 aliphatic heterocycles. The number of ketones is 1. The van der Waals surface area contributed by atoms with Gasteiger partial charge in [0, 0.05) is 24.0 Å². The first kappa shape index (κ1) is 17.0. The van der Waals surface area contributed by atoms with Crippen molar-refractivity contribution in [1.82, 2.24) is 10.3 Å². The van der Waals surface area contributed by atoms with Crippen molar-refractivity contribution in [3.63, 3.8) is 0 Å². The van der Waals surface area contributed by atoms with Crippen molar-refractivity contribution in [2.75, 3.05) is 11.4 Å². The number of piperidine rings is 1. The Kier molecular flexibility index (Phi) is 4.70. The van der Waals surface area contributed by atoms with Gasteiger partial charge in [-0.05, 0) is 44.9 Å². The summed E-state index contributed by atoms with van der Waals surface area (Å²) in [6.07, 6.45) is 2.92. The first-order valence-electron chi connectivity index (χ1n) is 8.34. The molecule has 6 heteroatoms. The van der Waals surface area contributed by atoms with E-state index in [0.29, 0.717) is 18.5 Å². The predicted molar refractivity (Wildman–Crippen MR) is 94.8 cm³/mol. The molecule has 2 heterocycles. The van der Waals surface area contributed by atoms with Gasteiger partial charge < -0.3 is 15.2 Å². The highest BCUT2D eigenvalue weighted by Crippen LogP contribution is 2.21. The number of H-pyrrole nitrogens is 1. The Balaban J connectivity index is 1.71. The molecule has 0 radical (unpaired) electrons. The molecule has 3 rings (SSSR count). The second-order valence-electron chi connectivity index (χ2n) is 6.35. The van der Waals surface area contributed by atoms with E-state index >= 15 is 0 Å². The van der Waals surface area contributed by atoms with Gasteiger partial charge in [-0.1, -0.05) is 17.7 Å². The van der Waals surface area contributed by atoms with Gasteiger partial charge >= 0.3 is 0 Å². The third-order valence-corrected chi connectivity index (χ3v) is 4.42. The Morgan fingerprint density at radius 3 is 2.60 bits per heavy atom. The minimum absolute atomic E-state index is 0.109. The Hall–Kier alpha value is -2.89. The van der Waals surface area contributed by atoms with Gasteiger partial charge in [0.05, 0.1) is 0 Å². The maximum absolute atomic E-state index is 12.7. The van der Waals surface area contributed by atoms with Crippen molar-refractivity contribution in [3.05, 3.63) is 53.3 Å². The summed E-state index contributed by atoms with van der Waals surface area (Å²) in [6, 6.07) is 8.71. The SMILES string of the molecule is CC(=O)c1c[nH]c(C(=O)N[C@H]2CCCN(c3ccc(C)cc3)C2=O)c1. The molecular formula is C19H21N3O3. The summed E-state index contributed by atoms with van der Waals surface area (Å²) >= 11 is 0. The van der Waals surface area contributed by atoms with Gasteiger partial charge in [0.2, 0.25) is 5.91 Å². The lowest BCUT2D eigenvalue weighted by Gasteiger charge is -2.32. The average molecular weight is 339 g/mol. The fourth-order valence-electron chi connectivity index (χ4n) is 2.95. The highest BCUT2D eigenvalue weighted by atomic mass is 16.2. The fourth-order valence-corrected chi connectivity index (χ4v) is 2.95. The van der Waals surface area contributed by atoms with Crippen LogP contribution in [0.5, 0.6) is 0 Å². The molecule has 0 aliphatic carbocycles. The smallest absolute Gasteiger partial charge is 0.268 e. The summed E-state index contributed by atoms with van der Waals surface area (Å²) in [4.78, 5) is 40.9. The van der Waals surface area contributed by atoms with Crippen LogP contribution in [0, 0.1) is 6.92 Å². The van der Waals surface area contributed by atoms with Crippen LogP contribution < -0.4 is 10.2 Å². The molecule has 1 aliphatic rings. The van der Waals surface area contributed by atoms with Gasteiger partial charge in [0.25, 0.3) is 5.91 Å². The number of nitrogens with zero attached hydrogens (tertiary/aromatic N) is 1. The highest BCUT2D eigenvalue weighted by Gasteiger charge is 2.31. The summed E-state index contributed by atoms with van der Waals surface area (Å²) in [5.74, 6) is -0.604. The number of hydrogen-bond donors (Lipinski definition) is 2. The summed E-state index contributed by atoms with van der Waals surface area (Å²) in [7, 11) is 0. The molecule has 2 N–H and O–H groups in total. The van der Waals surface area contributed by atoms with Crippen LogP contribution in [0.1, 0.15) is 46.2 Å². The molecule has 1 aromatic heterocycles. The van der Waals surface area contributed by atoms with E-state index in [1.807, 2.05) is 31.2 Å². The van der Waals surface area contributed by atoms with Crippen LogP contribution in [-0.2, 0) is 4.79 Å². The minimum Gasteiger partial charge on any atom is -0.356 e. The van der Waals surface area contributed by atoms with Crippen molar-refractivity contribution in [3.8, 4) is 0 Å². The third-order valence-electron chi connectivity index (χ3n) is 4.42. The summed E-state index contributed by atoms with van der Waals surface area (Å²) in [5.41, 5.74) is 2.70. The van der Waals surface area contributed by atoms with Crippen LogP contribution in [0.15, 0.2) is 36.5 Å². The van der Waals surface area contributed by atoms with Gasteiger partial charge in [-0.3, -0.25) is 14.4 Å². The number of carbonyl (C=O) groups excluding carboxylic acids is 3. The molecule has 2 amide bonds. The summed E-state index contributed by atoms with van der Waals surface area (Å²) in [5, 5.41) is 2.78. The second-order valence-corrected chi connectivity index (χ2v) is 6.35. The van der Waals surface area contributed by atoms with Crippen molar-refractivity contribution < 1.29 is 14.4 Å². The summed E-state index contributed by atoms with van der Waals surface area (Å²) in [6.45, 7) is 4.08. The number of hydrogen-bond acceptors (Lipinski definition) is 3. The molecule has 0 bridgehead atoms. The zero-order valence-electron chi connectivity index (χ0n) is 14.3.